The molecule has 7 nitrogen and oxygen atoms in total. The van der Waals surface area contributed by atoms with Crippen molar-refractivity contribution in [2.24, 2.45) is 0 Å². The number of carboxylic acids is 1. The molecule has 0 saturated carbocycles. The van der Waals surface area contributed by atoms with Gasteiger partial charge in [-0.15, -0.1) is 0 Å². The Morgan fingerprint density at radius 3 is 2.12 bits per heavy atom. The number of aliphatic carboxylic acids is 1. The Bertz CT molecular complexity index is 1080. The van der Waals surface area contributed by atoms with E-state index in [1.165, 1.54) is 0 Å². The molecular formula is C26H26N2O5. The van der Waals surface area contributed by atoms with Gasteiger partial charge in [-0.05, 0) is 47.4 Å². The summed E-state index contributed by atoms with van der Waals surface area (Å²) in [6.07, 6.45) is -0.258. The topological polar surface area (TPSA) is 105 Å². The van der Waals surface area contributed by atoms with Gasteiger partial charge in [-0.25, -0.2) is 0 Å². The van der Waals surface area contributed by atoms with Crippen LogP contribution in [0.4, 0.5) is 0 Å². The molecular weight excluding hydrogens is 420 g/mol. The molecule has 0 fully saturated rings. The molecule has 0 heterocycles. The normalized spacial score (nSPS) is 11.3. The lowest BCUT2D eigenvalue weighted by Gasteiger charge is -2.18. The monoisotopic (exact) mass is 446 g/mol. The van der Waals surface area contributed by atoms with Gasteiger partial charge >= 0.3 is 5.97 Å². The van der Waals surface area contributed by atoms with E-state index in [1.54, 1.807) is 31.4 Å². The fourth-order valence-corrected chi connectivity index (χ4v) is 3.28. The molecule has 2 amide bonds. The van der Waals surface area contributed by atoms with E-state index in [1.807, 2.05) is 54.6 Å². The van der Waals surface area contributed by atoms with E-state index in [-0.39, 0.29) is 19.4 Å². The van der Waals surface area contributed by atoms with Gasteiger partial charge in [-0.1, -0.05) is 54.6 Å². The van der Waals surface area contributed by atoms with Gasteiger partial charge in [-0.3, -0.25) is 14.4 Å². The van der Waals surface area contributed by atoms with Crippen molar-refractivity contribution in [3.8, 4) is 16.9 Å². The predicted molar refractivity (Wildman–Crippen MR) is 125 cm³/mol. The second kappa shape index (κ2) is 11.5. The van der Waals surface area contributed by atoms with Crippen molar-refractivity contribution in [3.63, 3.8) is 0 Å². The quantitative estimate of drug-likeness (QED) is 0.441. The summed E-state index contributed by atoms with van der Waals surface area (Å²) < 4.78 is 5.12. The molecule has 1 atom stereocenters. The fourth-order valence-electron chi connectivity index (χ4n) is 3.28. The van der Waals surface area contributed by atoms with Crippen molar-refractivity contribution < 1.29 is 24.2 Å². The molecule has 0 spiro atoms. The second-order valence-electron chi connectivity index (χ2n) is 7.47. The van der Waals surface area contributed by atoms with Crippen LogP contribution in [0, 0.1) is 0 Å². The average molecular weight is 447 g/mol. The lowest BCUT2D eigenvalue weighted by molar-refractivity contribution is -0.137. The van der Waals surface area contributed by atoms with Crippen LogP contribution in [0.5, 0.6) is 5.75 Å². The number of nitrogens with one attached hydrogen (secondary N) is 2. The summed E-state index contributed by atoms with van der Waals surface area (Å²) in [4.78, 5) is 36.5. The Kier molecular flexibility index (Phi) is 8.18. The van der Waals surface area contributed by atoms with Gasteiger partial charge in [0.25, 0.3) is 5.91 Å². The summed E-state index contributed by atoms with van der Waals surface area (Å²) >= 11 is 0. The van der Waals surface area contributed by atoms with Crippen molar-refractivity contribution >= 4 is 17.8 Å². The third-order valence-electron chi connectivity index (χ3n) is 5.15. The SMILES string of the molecule is COc1ccc(CNC(=O)[C@H](CCC(=O)O)NC(=O)c2ccc(-c3ccccc3)cc2)cc1. The van der Waals surface area contributed by atoms with E-state index < -0.39 is 23.8 Å². The molecule has 0 unspecified atom stereocenters. The minimum absolute atomic E-state index is 0.0163. The first kappa shape index (κ1) is 23.5. The molecule has 7 heteroatoms. The van der Waals surface area contributed by atoms with Crippen LogP contribution >= 0.6 is 0 Å². The standard InChI is InChI=1S/C26H26N2O5/c1-33-22-13-7-18(8-14-22)17-27-26(32)23(15-16-24(29)30)28-25(31)21-11-9-20(10-12-21)19-5-3-2-4-6-19/h2-14,23H,15-17H2,1H3,(H,27,32)(H,28,31)(H,29,30)/t23-/m0/s1. The number of methoxy groups -OCH3 is 1. The highest BCUT2D eigenvalue weighted by Gasteiger charge is 2.22. The van der Waals surface area contributed by atoms with Gasteiger partial charge in [0.2, 0.25) is 5.91 Å². The van der Waals surface area contributed by atoms with Crippen molar-refractivity contribution in [3.05, 3.63) is 90.0 Å². The van der Waals surface area contributed by atoms with Crippen molar-refractivity contribution in [2.45, 2.75) is 25.4 Å². The Balaban J connectivity index is 1.64. The van der Waals surface area contributed by atoms with Crippen molar-refractivity contribution in [1.82, 2.24) is 10.6 Å². The summed E-state index contributed by atoms with van der Waals surface area (Å²) in [6.45, 7) is 0.244. The van der Waals surface area contributed by atoms with Crippen LogP contribution in [0.3, 0.4) is 0 Å². The molecule has 0 aliphatic carbocycles. The first-order valence-electron chi connectivity index (χ1n) is 10.5. The van der Waals surface area contributed by atoms with Crippen LogP contribution in [0.25, 0.3) is 11.1 Å². The molecule has 0 aliphatic rings. The van der Waals surface area contributed by atoms with E-state index in [0.29, 0.717) is 11.3 Å². The number of benzene rings is 3. The zero-order valence-corrected chi connectivity index (χ0v) is 18.3. The average Bonchev–Trinajstić information content (AvgIpc) is 2.85. The summed E-state index contributed by atoms with van der Waals surface area (Å²) in [5.74, 6) is -1.22. The van der Waals surface area contributed by atoms with Crippen LogP contribution in [0.2, 0.25) is 0 Å². The first-order chi connectivity index (χ1) is 16.0. The van der Waals surface area contributed by atoms with E-state index in [2.05, 4.69) is 10.6 Å². The maximum atomic E-state index is 12.7. The number of rotatable bonds is 10. The predicted octanol–water partition coefficient (Wildman–Crippen LogP) is 3.64. The summed E-state index contributed by atoms with van der Waals surface area (Å²) in [5, 5.41) is 14.5. The molecule has 3 aromatic carbocycles. The molecule has 3 N–H and O–H groups in total. The van der Waals surface area contributed by atoms with Gasteiger partial charge < -0.3 is 20.5 Å². The first-order valence-corrected chi connectivity index (χ1v) is 10.5. The lowest BCUT2D eigenvalue weighted by Crippen LogP contribution is -2.46. The van der Waals surface area contributed by atoms with Crippen LogP contribution in [0.1, 0.15) is 28.8 Å². The second-order valence-corrected chi connectivity index (χ2v) is 7.47. The van der Waals surface area contributed by atoms with Gasteiger partial charge in [0, 0.05) is 18.5 Å². The maximum Gasteiger partial charge on any atom is 0.303 e. The third kappa shape index (κ3) is 6.93. The molecule has 3 aromatic rings. The smallest absolute Gasteiger partial charge is 0.303 e. The van der Waals surface area contributed by atoms with Crippen LogP contribution < -0.4 is 15.4 Å². The number of hydrogen-bond acceptors (Lipinski definition) is 4. The number of carboxylic acid groups (broad SMARTS) is 1. The van der Waals surface area contributed by atoms with Gasteiger partial charge in [0.15, 0.2) is 0 Å². The zero-order valence-electron chi connectivity index (χ0n) is 18.3. The Morgan fingerprint density at radius 1 is 0.879 bits per heavy atom. The van der Waals surface area contributed by atoms with E-state index >= 15 is 0 Å². The summed E-state index contributed by atoms with van der Waals surface area (Å²) in [6, 6.07) is 23.0. The Morgan fingerprint density at radius 2 is 1.52 bits per heavy atom. The highest BCUT2D eigenvalue weighted by atomic mass is 16.5. The highest BCUT2D eigenvalue weighted by Crippen LogP contribution is 2.19. The lowest BCUT2D eigenvalue weighted by atomic mass is 10.0. The molecule has 170 valence electrons. The molecule has 3 rings (SSSR count). The Labute approximate surface area is 192 Å². The number of ether oxygens (including phenoxy) is 1. The van der Waals surface area contributed by atoms with Crippen LogP contribution in [0.15, 0.2) is 78.9 Å². The van der Waals surface area contributed by atoms with Crippen LogP contribution in [-0.2, 0) is 16.1 Å². The number of hydrogen-bond donors (Lipinski definition) is 3. The van der Waals surface area contributed by atoms with E-state index in [0.717, 1.165) is 16.7 Å². The largest absolute Gasteiger partial charge is 0.497 e. The van der Waals surface area contributed by atoms with Gasteiger partial charge in [0.1, 0.15) is 11.8 Å². The van der Waals surface area contributed by atoms with Crippen LogP contribution in [-0.4, -0.2) is 36.0 Å². The van der Waals surface area contributed by atoms with Gasteiger partial charge in [0.05, 0.1) is 7.11 Å². The molecule has 0 aromatic heterocycles. The molecule has 0 bridgehead atoms. The molecule has 0 aliphatic heterocycles. The fraction of sp³-hybridized carbons (Fsp3) is 0.192. The summed E-state index contributed by atoms with van der Waals surface area (Å²) in [5.41, 5.74) is 3.23. The van der Waals surface area contributed by atoms with E-state index in [9.17, 15) is 14.4 Å². The van der Waals surface area contributed by atoms with Gasteiger partial charge in [-0.2, -0.15) is 0 Å². The minimum atomic E-state index is -1.04. The maximum absolute atomic E-state index is 12.7. The molecule has 33 heavy (non-hydrogen) atoms. The Hall–Kier alpha value is -4.13. The molecule has 0 radical (unpaired) electrons. The highest BCUT2D eigenvalue weighted by molar-refractivity contribution is 5.98. The van der Waals surface area contributed by atoms with Crippen molar-refractivity contribution in [1.29, 1.82) is 0 Å². The number of carbonyl (C=O) groups excluding carboxylic acids is 2. The minimum Gasteiger partial charge on any atom is -0.497 e. The summed E-state index contributed by atoms with van der Waals surface area (Å²) in [7, 11) is 1.57. The van der Waals surface area contributed by atoms with E-state index in [4.69, 9.17) is 9.84 Å². The zero-order chi connectivity index (χ0) is 23.6. The number of carbonyl (C=O) groups is 3. The molecule has 0 saturated heterocycles. The third-order valence-corrected chi connectivity index (χ3v) is 5.15. The van der Waals surface area contributed by atoms with Crippen molar-refractivity contribution in [2.75, 3.05) is 7.11 Å². The number of amides is 2.